The summed E-state index contributed by atoms with van der Waals surface area (Å²) in [6.07, 6.45) is 0. The maximum Gasteiger partial charge on any atom is 0.335 e. The van der Waals surface area contributed by atoms with Crippen LogP contribution in [0.15, 0.2) is 42.5 Å². The molecule has 2 rings (SSSR count). The van der Waals surface area contributed by atoms with E-state index in [1.807, 2.05) is 31.2 Å². The van der Waals surface area contributed by atoms with Crippen LogP contribution in [-0.2, 0) is 17.9 Å². The molecule has 126 valence electrons. The monoisotopic (exact) mass is 327 g/mol. The van der Waals surface area contributed by atoms with Gasteiger partial charge in [0.05, 0.1) is 12.2 Å². The third-order valence-corrected chi connectivity index (χ3v) is 3.54. The molecular formula is C19H21NO4. The third-order valence-electron chi connectivity index (χ3n) is 3.54. The highest BCUT2D eigenvalue weighted by atomic mass is 16.5. The average molecular weight is 327 g/mol. The molecule has 0 atom stereocenters. The van der Waals surface area contributed by atoms with Gasteiger partial charge in [-0.05, 0) is 48.7 Å². The van der Waals surface area contributed by atoms with Gasteiger partial charge >= 0.3 is 5.97 Å². The Balaban J connectivity index is 1.99. The van der Waals surface area contributed by atoms with Crippen LogP contribution < -0.4 is 5.32 Å². The predicted molar refractivity (Wildman–Crippen MR) is 91.1 cm³/mol. The zero-order chi connectivity index (χ0) is 17.5. The molecule has 0 spiro atoms. The van der Waals surface area contributed by atoms with Crippen LogP contribution in [-0.4, -0.2) is 23.6 Å². The second-order valence-electron chi connectivity index (χ2n) is 5.53. The average Bonchev–Trinajstić information content (AvgIpc) is 2.58. The van der Waals surface area contributed by atoms with Crippen LogP contribution in [0.1, 0.15) is 44.3 Å². The molecule has 0 heterocycles. The smallest absolute Gasteiger partial charge is 0.335 e. The summed E-state index contributed by atoms with van der Waals surface area (Å²) in [7, 11) is 0. The van der Waals surface area contributed by atoms with Crippen molar-refractivity contribution in [2.75, 3.05) is 6.61 Å². The zero-order valence-corrected chi connectivity index (χ0v) is 13.8. The summed E-state index contributed by atoms with van der Waals surface area (Å²) in [5.41, 5.74) is 3.24. The molecule has 0 unspecified atom stereocenters. The number of carbonyl (C=O) groups excluding carboxylic acids is 1. The maximum atomic E-state index is 12.2. The molecule has 1 amide bonds. The number of benzene rings is 2. The van der Waals surface area contributed by atoms with Crippen molar-refractivity contribution in [1.29, 1.82) is 0 Å². The second kappa shape index (κ2) is 8.26. The Morgan fingerprint density at radius 1 is 1.04 bits per heavy atom. The van der Waals surface area contributed by atoms with E-state index in [-0.39, 0.29) is 11.5 Å². The maximum absolute atomic E-state index is 12.2. The molecule has 0 bridgehead atoms. The van der Waals surface area contributed by atoms with Gasteiger partial charge in [0.25, 0.3) is 5.91 Å². The Labute approximate surface area is 141 Å². The molecule has 2 aromatic carbocycles. The number of hydrogen-bond donors (Lipinski definition) is 2. The lowest BCUT2D eigenvalue weighted by atomic mass is 10.1. The van der Waals surface area contributed by atoms with Crippen LogP contribution in [0.3, 0.4) is 0 Å². The molecule has 0 aliphatic heterocycles. The lowest BCUT2D eigenvalue weighted by Gasteiger charge is -2.08. The van der Waals surface area contributed by atoms with E-state index in [1.165, 1.54) is 12.1 Å². The van der Waals surface area contributed by atoms with E-state index < -0.39 is 5.97 Å². The Bertz CT molecular complexity index is 723. The Kier molecular flexibility index (Phi) is 6.09. The number of nitrogens with one attached hydrogen (secondary N) is 1. The van der Waals surface area contributed by atoms with Crippen molar-refractivity contribution in [1.82, 2.24) is 5.32 Å². The van der Waals surface area contributed by atoms with Gasteiger partial charge in [0.15, 0.2) is 0 Å². The summed E-state index contributed by atoms with van der Waals surface area (Å²) in [6, 6.07) is 12.4. The molecular weight excluding hydrogens is 306 g/mol. The van der Waals surface area contributed by atoms with Gasteiger partial charge < -0.3 is 15.2 Å². The van der Waals surface area contributed by atoms with E-state index in [9.17, 15) is 9.59 Å². The van der Waals surface area contributed by atoms with Crippen molar-refractivity contribution in [2.45, 2.75) is 27.0 Å². The highest BCUT2D eigenvalue weighted by Crippen LogP contribution is 2.11. The van der Waals surface area contributed by atoms with Crippen LogP contribution >= 0.6 is 0 Å². The van der Waals surface area contributed by atoms with Gasteiger partial charge in [0, 0.05) is 18.7 Å². The predicted octanol–water partition coefficient (Wildman–Crippen LogP) is 3.16. The standard InChI is InChI=1S/C19H21NO4/c1-3-24-12-15-6-4-14(5-7-15)11-20-18(21)16-8-13(2)9-17(10-16)19(22)23/h4-10H,3,11-12H2,1-2H3,(H,20,21)(H,22,23). The van der Waals surface area contributed by atoms with Gasteiger partial charge in [-0.25, -0.2) is 4.79 Å². The summed E-state index contributed by atoms with van der Waals surface area (Å²) < 4.78 is 5.34. The fourth-order valence-electron chi connectivity index (χ4n) is 2.30. The van der Waals surface area contributed by atoms with E-state index in [0.29, 0.717) is 25.3 Å². The number of carboxylic acid groups (broad SMARTS) is 1. The molecule has 0 fully saturated rings. The van der Waals surface area contributed by atoms with Crippen molar-refractivity contribution in [3.05, 3.63) is 70.3 Å². The van der Waals surface area contributed by atoms with Crippen LogP contribution in [0.25, 0.3) is 0 Å². The number of aromatic carboxylic acids is 1. The van der Waals surface area contributed by atoms with Crippen LogP contribution in [0.2, 0.25) is 0 Å². The molecule has 5 nitrogen and oxygen atoms in total. The first-order chi connectivity index (χ1) is 11.5. The Morgan fingerprint density at radius 2 is 1.67 bits per heavy atom. The first-order valence-electron chi connectivity index (χ1n) is 7.78. The van der Waals surface area contributed by atoms with E-state index in [0.717, 1.165) is 16.7 Å². The van der Waals surface area contributed by atoms with E-state index >= 15 is 0 Å². The normalized spacial score (nSPS) is 10.4. The lowest BCUT2D eigenvalue weighted by molar-refractivity contribution is 0.0696. The SMILES string of the molecule is CCOCc1ccc(CNC(=O)c2cc(C)cc(C(=O)O)c2)cc1. The van der Waals surface area contributed by atoms with Crippen molar-refractivity contribution in [3.63, 3.8) is 0 Å². The lowest BCUT2D eigenvalue weighted by Crippen LogP contribution is -2.23. The Hall–Kier alpha value is -2.66. The molecule has 0 aliphatic rings. The quantitative estimate of drug-likeness (QED) is 0.819. The summed E-state index contributed by atoms with van der Waals surface area (Å²) in [4.78, 5) is 23.3. The van der Waals surface area contributed by atoms with Crippen molar-refractivity contribution in [3.8, 4) is 0 Å². The zero-order valence-electron chi connectivity index (χ0n) is 13.8. The van der Waals surface area contributed by atoms with Gasteiger partial charge in [-0.3, -0.25) is 4.79 Å². The first kappa shape index (κ1) is 17.7. The Morgan fingerprint density at radius 3 is 2.29 bits per heavy atom. The number of amides is 1. The summed E-state index contributed by atoms with van der Waals surface area (Å²) >= 11 is 0. The number of carboxylic acids is 1. The topological polar surface area (TPSA) is 75.6 Å². The molecule has 2 aromatic rings. The van der Waals surface area contributed by atoms with Crippen molar-refractivity contribution in [2.24, 2.45) is 0 Å². The van der Waals surface area contributed by atoms with Gasteiger partial charge in [-0.1, -0.05) is 24.3 Å². The van der Waals surface area contributed by atoms with E-state index in [2.05, 4.69) is 5.32 Å². The summed E-state index contributed by atoms with van der Waals surface area (Å²) in [6.45, 7) is 5.34. The summed E-state index contributed by atoms with van der Waals surface area (Å²) in [5, 5.41) is 11.9. The van der Waals surface area contributed by atoms with Gasteiger partial charge in [-0.2, -0.15) is 0 Å². The fraction of sp³-hybridized carbons (Fsp3) is 0.263. The highest BCUT2D eigenvalue weighted by Gasteiger charge is 2.11. The number of rotatable bonds is 7. The minimum absolute atomic E-state index is 0.112. The number of hydrogen-bond acceptors (Lipinski definition) is 3. The molecule has 5 heteroatoms. The molecule has 0 aromatic heterocycles. The van der Waals surface area contributed by atoms with Crippen LogP contribution in [0.5, 0.6) is 0 Å². The number of carbonyl (C=O) groups is 2. The van der Waals surface area contributed by atoms with Crippen molar-refractivity contribution < 1.29 is 19.4 Å². The van der Waals surface area contributed by atoms with Gasteiger partial charge in [0.2, 0.25) is 0 Å². The number of ether oxygens (including phenoxy) is 1. The van der Waals surface area contributed by atoms with Crippen LogP contribution in [0, 0.1) is 6.92 Å². The number of aryl methyl sites for hydroxylation is 1. The highest BCUT2D eigenvalue weighted by molar-refractivity contribution is 5.97. The molecule has 0 saturated carbocycles. The third kappa shape index (κ3) is 4.93. The second-order valence-corrected chi connectivity index (χ2v) is 5.53. The fourth-order valence-corrected chi connectivity index (χ4v) is 2.30. The van der Waals surface area contributed by atoms with E-state index in [1.54, 1.807) is 13.0 Å². The van der Waals surface area contributed by atoms with Gasteiger partial charge in [0.1, 0.15) is 0 Å². The molecule has 0 radical (unpaired) electrons. The van der Waals surface area contributed by atoms with E-state index in [4.69, 9.17) is 9.84 Å². The molecule has 24 heavy (non-hydrogen) atoms. The summed E-state index contributed by atoms with van der Waals surface area (Å²) in [5.74, 6) is -1.34. The molecule has 2 N–H and O–H groups in total. The first-order valence-corrected chi connectivity index (χ1v) is 7.78. The largest absolute Gasteiger partial charge is 0.478 e. The molecule has 0 aliphatic carbocycles. The van der Waals surface area contributed by atoms with Crippen molar-refractivity contribution >= 4 is 11.9 Å². The van der Waals surface area contributed by atoms with Crippen LogP contribution in [0.4, 0.5) is 0 Å². The minimum Gasteiger partial charge on any atom is -0.478 e. The molecule has 0 saturated heterocycles. The van der Waals surface area contributed by atoms with Gasteiger partial charge in [-0.15, -0.1) is 0 Å². The minimum atomic E-state index is -1.04.